The molecule has 2 atom stereocenters. The standard InChI is InChI=1S/C21H25N5O3/c1-2-29-21-16(4-3-7-22-21)17-10-18(24-14-5-8-27-12-14)20-19(25-17)11-23-26(20)15-6-9-28-13-15/h3-4,7,10-11,14-15H,2,5-6,8-9,12-13H2,1H3,(H,24,25). The van der Waals surface area contributed by atoms with Gasteiger partial charge in [0.05, 0.1) is 55.0 Å². The number of rotatable bonds is 6. The second-order valence-electron chi connectivity index (χ2n) is 7.39. The Labute approximate surface area is 169 Å². The summed E-state index contributed by atoms with van der Waals surface area (Å²) in [5, 5.41) is 8.33. The first-order valence-electron chi connectivity index (χ1n) is 10.2. The molecule has 3 aromatic heterocycles. The average molecular weight is 395 g/mol. The molecule has 0 saturated carbocycles. The Balaban J connectivity index is 1.63. The van der Waals surface area contributed by atoms with E-state index in [0.717, 1.165) is 54.0 Å². The SMILES string of the molecule is CCOc1ncccc1-c1cc(NC2CCOC2)c2c(cnn2C2CCOC2)n1. The van der Waals surface area contributed by atoms with Crippen LogP contribution < -0.4 is 10.1 Å². The van der Waals surface area contributed by atoms with E-state index in [-0.39, 0.29) is 12.1 Å². The van der Waals surface area contributed by atoms with E-state index in [1.165, 1.54) is 0 Å². The molecule has 152 valence electrons. The summed E-state index contributed by atoms with van der Waals surface area (Å²) in [6, 6.07) is 6.48. The van der Waals surface area contributed by atoms with Crippen LogP contribution in [0.25, 0.3) is 22.3 Å². The minimum Gasteiger partial charge on any atom is -0.477 e. The molecule has 0 radical (unpaired) electrons. The van der Waals surface area contributed by atoms with Gasteiger partial charge in [0, 0.05) is 19.4 Å². The molecule has 0 bridgehead atoms. The molecule has 2 fully saturated rings. The second-order valence-corrected chi connectivity index (χ2v) is 7.39. The van der Waals surface area contributed by atoms with Crippen molar-refractivity contribution >= 4 is 16.7 Å². The average Bonchev–Trinajstić information content (AvgIpc) is 3.50. The zero-order valence-electron chi connectivity index (χ0n) is 16.5. The highest BCUT2D eigenvalue weighted by atomic mass is 16.5. The molecule has 5 rings (SSSR count). The summed E-state index contributed by atoms with van der Waals surface area (Å²) in [5.41, 5.74) is 4.56. The van der Waals surface area contributed by atoms with Gasteiger partial charge in [-0.25, -0.2) is 9.97 Å². The molecule has 0 amide bonds. The van der Waals surface area contributed by atoms with Crippen LogP contribution in [0, 0.1) is 0 Å². The minimum absolute atomic E-state index is 0.234. The van der Waals surface area contributed by atoms with Gasteiger partial charge >= 0.3 is 0 Å². The van der Waals surface area contributed by atoms with Crippen LogP contribution in [-0.4, -0.2) is 58.8 Å². The van der Waals surface area contributed by atoms with E-state index in [9.17, 15) is 0 Å². The smallest absolute Gasteiger partial charge is 0.222 e. The highest BCUT2D eigenvalue weighted by molar-refractivity contribution is 5.91. The Bertz CT molecular complexity index is 993. The topological polar surface area (TPSA) is 83.3 Å². The van der Waals surface area contributed by atoms with Crippen molar-refractivity contribution in [3.63, 3.8) is 0 Å². The monoisotopic (exact) mass is 395 g/mol. The van der Waals surface area contributed by atoms with Gasteiger partial charge in [-0.3, -0.25) is 4.68 Å². The largest absolute Gasteiger partial charge is 0.477 e. The van der Waals surface area contributed by atoms with Crippen LogP contribution in [0.2, 0.25) is 0 Å². The molecule has 0 spiro atoms. The molecule has 2 saturated heterocycles. The van der Waals surface area contributed by atoms with Crippen LogP contribution >= 0.6 is 0 Å². The van der Waals surface area contributed by atoms with E-state index in [4.69, 9.17) is 19.2 Å². The third-order valence-corrected chi connectivity index (χ3v) is 5.42. The molecule has 5 heterocycles. The number of hydrogen-bond acceptors (Lipinski definition) is 7. The molecular formula is C21H25N5O3. The normalized spacial score (nSPS) is 21.7. The van der Waals surface area contributed by atoms with E-state index in [1.54, 1.807) is 6.20 Å². The maximum absolute atomic E-state index is 5.73. The van der Waals surface area contributed by atoms with Gasteiger partial charge in [-0.05, 0) is 38.0 Å². The van der Waals surface area contributed by atoms with Gasteiger partial charge in [-0.15, -0.1) is 0 Å². The lowest BCUT2D eigenvalue weighted by Gasteiger charge is -2.18. The zero-order valence-corrected chi connectivity index (χ0v) is 16.5. The van der Waals surface area contributed by atoms with Crippen LogP contribution in [-0.2, 0) is 9.47 Å². The van der Waals surface area contributed by atoms with Crippen LogP contribution in [0.4, 0.5) is 5.69 Å². The van der Waals surface area contributed by atoms with E-state index in [2.05, 4.69) is 26.1 Å². The lowest BCUT2D eigenvalue weighted by Crippen LogP contribution is -2.20. The lowest BCUT2D eigenvalue weighted by atomic mass is 10.1. The summed E-state index contributed by atoms with van der Waals surface area (Å²) in [7, 11) is 0. The molecule has 3 aromatic rings. The van der Waals surface area contributed by atoms with Gasteiger partial charge in [0.1, 0.15) is 11.0 Å². The molecule has 2 aliphatic heterocycles. The Hall–Kier alpha value is -2.71. The third kappa shape index (κ3) is 3.54. The van der Waals surface area contributed by atoms with E-state index >= 15 is 0 Å². The molecule has 2 aliphatic rings. The van der Waals surface area contributed by atoms with Crippen molar-refractivity contribution in [2.75, 3.05) is 38.4 Å². The molecular weight excluding hydrogens is 370 g/mol. The van der Waals surface area contributed by atoms with Crippen molar-refractivity contribution in [1.29, 1.82) is 0 Å². The summed E-state index contributed by atoms with van der Waals surface area (Å²) in [5.74, 6) is 0.591. The zero-order chi connectivity index (χ0) is 19.6. The van der Waals surface area contributed by atoms with Crippen molar-refractivity contribution < 1.29 is 14.2 Å². The molecule has 2 unspecified atom stereocenters. The number of nitrogens with one attached hydrogen (secondary N) is 1. The molecule has 29 heavy (non-hydrogen) atoms. The molecule has 8 nitrogen and oxygen atoms in total. The quantitative estimate of drug-likeness (QED) is 0.687. The fourth-order valence-electron chi connectivity index (χ4n) is 4.01. The summed E-state index contributed by atoms with van der Waals surface area (Å²) in [4.78, 5) is 9.29. The number of aromatic nitrogens is 4. The number of anilines is 1. The Kier molecular flexibility index (Phi) is 5.03. The maximum Gasteiger partial charge on any atom is 0.222 e. The fourth-order valence-corrected chi connectivity index (χ4v) is 4.01. The first kappa shape index (κ1) is 18.3. The van der Waals surface area contributed by atoms with Gasteiger partial charge in [0.15, 0.2) is 0 Å². The van der Waals surface area contributed by atoms with Crippen LogP contribution in [0.3, 0.4) is 0 Å². The van der Waals surface area contributed by atoms with Crippen molar-refractivity contribution in [3.05, 3.63) is 30.6 Å². The first-order valence-corrected chi connectivity index (χ1v) is 10.2. The van der Waals surface area contributed by atoms with Gasteiger partial charge in [0.25, 0.3) is 0 Å². The molecule has 0 aromatic carbocycles. The lowest BCUT2D eigenvalue weighted by molar-refractivity contribution is 0.185. The van der Waals surface area contributed by atoms with Crippen molar-refractivity contribution in [3.8, 4) is 17.1 Å². The predicted molar refractivity (Wildman–Crippen MR) is 109 cm³/mol. The molecule has 8 heteroatoms. The van der Waals surface area contributed by atoms with E-state index in [0.29, 0.717) is 25.7 Å². The van der Waals surface area contributed by atoms with Gasteiger partial charge in [-0.1, -0.05) is 0 Å². The predicted octanol–water partition coefficient (Wildman–Crippen LogP) is 3.05. The number of ether oxygens (including phenoxy) is 3. The number of hydrogen-bond donors (Lipinski definition) is 1. The Morgan fingerprint density at radius 1 is 1.24 bits per heavy atom. The minimum atomic E-state index is 0.234. The van der Waals surface area contributed by atoms with Crippen LogP contribution in [0.15, 0.2) is 30.6 Å². The highest BCUT2D eigenvalue weighted by Gasteiger charge is 2.25. The van der Waals surface area contributed by atoms with Gasteiger partial charge < -0.3 is 19.5 Å². The Morgan fingerprint density at radius 2 is 2.14 bits per heavy atom. The summed E-state index contributed by atoms with van der Waals surface area (Å²) in [6.07, 6.45) is 5.52. The van der Waals surface area contributed by atoms with E-state index in [1.807, 2.05) is 25.3 Å². The van der Waals surface area contributed by atoms with Gasteiger partial charge in [0.2, 0.25) is 5.88 Å². The summed E-state index contributed by atoms with van der Waals surface area (Å²) in [6.45, 7) is 5.44. The van der Waals surface area contributed by atoms with Crippen LogP contribution in [0.1, 0.15) is 25.8 Å². The first-order chi connectivity index (χ1) is 14.3. The van der Waals surface area contributed by atoms with Gasteiger partial charge in [-0.2, -0.15) is 5.10 Å². The molecule has 0 aliphatic carbocycles. The number of pyridine rings is 2. The van der Waals surface area contributed by atoms with Crippen LogP contribution in [0.5, 0.6) is 5.88 Å². The fraction of sp³-hybridized carbons (Fsp3) is 0.476. The van der Waals surface area contributed by atoms with Crippen molar-refractivity contribution in [2.45, 2.75) is 31.8 Å². The summed E-state index contributed by atoms with van der Waals surface area (Å²) >= 11 is 0. The number of fused-ring (bicyclic) bond motifs is 1. The maximum atomic E-state index is 5.73. The number of nitrogens with zero attached hydrogens (tertiary/aromatic N) is 4. The van der Waals surface area contributed by atoms with Crippen molar-refractivity contribution in [1.82, 2.24) is 19.7 Å². The van der Waals surface area contributed by atoms with Crippen molar-refractivity contribution in [2.24, 2.45) is 0 Å². The third-order valence-electron chi connectivity index (χ3n) is 5.42. The Morgan fingerprint density at radius 3 is 2.93 bits per heavy atom. The molecule has 1 N–H and O–H groups in total. The summed E-state index contributed by atoms with van der Waals surface area (Å²) < 4.78 is 19.0. The van der Waals surface area contributed by atoms with E-state index < -0.39 is 0 Å². The highest BCUT2D eigenvalue weighted by Crippen LogP contribution is 2.35. The second kappa shape index (κ2) is 7.96.